The van der Waals surface area contributed by atoms with E-state index in [2.05, 4.69) is 144 Å². The van der Waals surface area contributed by atoms with Gasteiger partial charge in [0.2, 0.25) is 0 Å². The van der Waals surface area contributed by atoms with Gasteiger partial charge in [0.05, 0.1) is 16.7 Å². The molecule has 0 aliphatic heterocycles. The summed E-state index contributed by atoms with van der Waals surface area (Å²) >= 11 is 0. The van der Waals surface area contributed by atoms with Crippen LogP contribution in [-0.4, -0.2) is 19.5 Å². The number of furan rings is 1. The Hall–Kier alpha value is -7.63. The van der Waals surface area contributed by atoms with Gasteiger partial charge in [0, 0.05) is 43.6 Å². The number of fused-ring (bicyclic) bond motifs is 13. The Bertz CT molecular complexity index is 3470. The van der Waals surface area contributed by atoms with E-state index in [1.54, 1.807) is 0 Å². The minimum atomic E-state index is 0.613. The number of hydrogen-bond acceptors (Lipinski definition) is 4. The summed E-state index contributed by atoms with van der Waals surface area (Å²) < 4.78 is 8.88. The van der Waals surface area contributed by atoms with Crippen molar-refractivity contribution in [2.45, 2.75) is 0 Å². The van der Waals surface area contributed by atoms with Gasteiger partial charge in [0.1, 0.15) is 11.2 Å². The van der Waals surface area contributed by atoms with E-state index < -0.39 is 0 Å². The van der Waals surface area contributed by atoms with Crippen LogP contribution in [0.5, 0.6) is 0 Å². The summed E-state index contributed by atoms with van der Waals surface area (Å²) in [5.41, 5.74) is 7.81. The van der Waals surface area contributed by atoms with Crippen LogP contribution in [0.15, 0.2) is 186 Å². The molecule has 0 saturated carbocycles. The molecule has 0 amide bonds. The van der Waals surface area contributed by atoms with E-state index in [9.17, 15) is 0 Å². The summed E-state index contributed by atoms with van der Waals surface area (Å²) in [5.74, 6) is 1.87. The van der Waals surface area contributed by atoms with Gasteiger partial charge in [0.15, 0.2) is 17.5 Å². The van der Waals surface area contributed by atoms with Crippen LogP contribution in [0.3, 0.4) is 0 Å². The van der Waals surface area contributed by atoms with Gasteiger partial charge in [-0.05, 0) is 63.3 Å². The van der Waals surface area contributed by atoms with Crippen molar-refractivity contribution < 1.29 is 4.42 Å². The van der Waals surface area contributed by atoms with Crippen molar-refractivity contribution in [1.29, 1.82) is 0 Å². The normalized spacial score (nSPS) is 11.9. The van der Waals surface area contributed by atoms with E-state index in [1.807, 2.05) is 42.5 Å². The van der Waals surface area contributed by atoms with Gasteiger partial charge in [0.25, 0.3) is 0 Å². The molecule has 3 heterocycles. The molecule has 0 spiro atoms. The summed E-state index contributed by atoms with van der Waals surface area (Å²) in [6.45, 7) is 0. The summed E-state index contributed by atoms with van der Waals surface area (Å²) in [7, 11) is 0. The van der Waals surface area contributed by atoms with E-state index in [-0.39, 0.29) is 0 Å². The molecule has 3 aromatic heterocycles. The van der Waals surface area contributed by atoms with Crippen LogP contribution in [0.1, 0.15) is 0 Å². The lowest BCUT2D eigenvalue weighted by Crippen LogP contribution is -2.02. The van der Waals surface area contributed by atoms with Crippen LogP contribution >= 0.6 is 0 Å². The Balaban J connectivity index is 1.26. The van der Waals surface area contributed by atoms with E-state index in [4.69, 9.17) is 19.4 Å². The standard InChI is InChI=1S/C51H30N4O/c1-3-15-31(16-4-1)49-52-50(32-17-5-2-6-18-32)54-51(53-49)33-29-40-36-21-8-7-19-34(36)35-20-9-10-22-37(35)46(40)43(30-33)55-41-25-13-11-23-38(41)47-42(55)27-28-45-48(47)39-24-12-14-26-44(39)56-45/h1-30H. The van der Waals surface area contributed by atoms with Crippen molar-refractivity contribution in [3.63, 3.8) is 0 Å². The summed E-state index contributed by atoms with van der Waals surface area (Å²) in [6, 6.07) is 63.8. The Morgan fingerprint density at radius 2 is 0.839 bits per heavy atom. The predicted molar refractivity (Wildman–Crippen MR) is 230 cm³/mol. The zero-order valence-corrected chi connectivity index (χ0v) is 30.0. The van der Waals surface area contributed by atoms with Gasteiger partial charge in [-0.1, -0.05) is 146 Å². The second-order valence-electron chi connectivity index (χ2n) is 14.3. The van der Waals surface area contributed by atoms with E-state index in [0.717, 1.165) is 60.7 Å². The molecule has 0 N–H and O–H groups in total. The minimum absolute atomic E-state index is 0.613. The predicted octanol–water partition coefficient (Wildman–Crippen LogP) is 13.3. The molecule has 0 aliphatic carbocycles. The first-order valence-corrected chi connectivity index (χ1v) is 18.9. The first-order valence-electron chi connectivity index (χ1n) is 18.9. The van der Waals surface area contributed by atoms with Crippen LogP contribution in [-0.2, 0) is 0 Å². The summed E-state index contributed by atoms with van der Waals surface area (Å²) in [5, 5.41) is 11.7. The molecule has 12 aromatic rings. The average molecular weight is 715 g/mol. The first kappa shape index (κ1) is 30.8. The Morgan fingerprint density at radius 1 is 0.321 bits per heavy atom. The minimum Gasteiger partial charge on any atom is -0.456 e. The van der Waals surface area contributed by atoms with E-state index in [1.165, 1.54) is 37.7 Å². The lowest BCUT2D eigenvalue weighted by atomic mass is 9.91. The third-order valence-electron chi connectivity index (χ3n) is 11.2. The molecule has 0 radical (unpaired) electrons. The monoisotopic (exact) mass is 714 g/mol. The molecule has 0 bridgehead atoms. The molecule has 0 aliphatic rings. The zero-order valence-electron chi connectivity index (χ0n) is 30.0. The van der Waals surface area contributed by atoms with Crippen molar-refractivity contribution in [3.8, 4) is 39.9 Å². The topological polar surface area (TPSA) is 56.7 Å². The van der Waals surface area contributed by atoms with Crippen LogP contribution in [0.25, 0.3) is 116 Å². The molecule has 0 atom stereocenters. The maximum Gasteiger partial charge on any atom is 0.164 e. The third kappa shape index (κ3) is 4.52. The van der Waals surface area contributed by atoms with Gasteiger partial charge >= 0.3 is 0 Å². The first-order chi connectivity index (χ1) is 27.8. The number of hydrogen-bond donors (Lipinski definition) is 0. The van der Waals surface area contributed by atoms with Crippen LogP contribution in [0, 0.1) is 0 Å². The fourth-order valence-corrected chi connectivity index (χ4v) is 8.79. The van der Waals surface area contributed by atoms with E-state index in [0.29, 0.717) is 17.5 Å². The van der Waals surface area contributed by atoms with Gasteiger partial charge in [-0.2, -0.15) is 0 Å². The number of aromatic nitrogens is 4. The molecule has 0 fully saturated rings. The fraction of sp³-hybridized carbons (Fsp3) is 0. The number of rotatable bonds is 4. The largest absolute Gasteiger partial charge is 0.456 e. The molecule has 56 heavy (non-hydrogen) atoms. The smallest absolute Gasteiger partial charge is 0.164 e. The second-order valence-corrected chi connectivity index (χ2v) is 14.3. The van der Waals surface area contributed by atoms with Crippen molar-refractivity contribution in [3.05, 3.63) is 182 Å². The second kappa shape index (κ2) is 11.9. The molecule has 260 valence electrons. The number of benzene rings is 9. The molecule has 0 unspecified atom stereocenters. The molecule has 5 heteroatoms. The molecular formula is C51H30N4O. The zero-order chi connectivity index (χ0) is 36.7. The molecule has 9 aromatic carbocycles. The highest BCUT2D eigenvalue weighted by Crippen LogP contribution is 2.45. The summed E-state index contributed by atoms with van der Waals surface area (Å²) in [6.07, 6.45) is 0. The van der Waals surface area contributed by atoms with Crippen molar-refractivity contribution in [2.75, 3.05) is 0 Å². The van der Waals surface area contributed by atoms with Gasteiger partial charge in [-0.15, -0.1) is 0 Å². The van der Waals surface area contributed by atoms with Gasteiger partial charge in [-0.25, -0.2) is 15.0 Å². The fourth-order valence-electron chi connectivity index (χ4n) is 8.79. The van der Waals surface area contributed by atoms with E-state index >= 15 is 0 Å². The lowest BCUT2D eigenvalue weighted by molar-refractivity contribution is 0.669. The molecule has 12 rings (SSSR count). The quantitative estimate of drug-likeness (QED) is 0.170. The number of para-hydroxylation sites is 2. The molecule has 5 nitrogen and oxygen atoms in total. The van der Waals surface area contributed by atoms with Crippen molar-refractivity contribution in [2.24, 2.45) is 0 Å². The highest BCUT2D eigenvalue weighted by Gasteiger charge is 2.23. The molecule has 0 saturated heterocycles. The average Bonchev–Trinajstić information content (AvgIpc) is 3.82. The van der Waals surface area contributed by atoms with Gasteiger partial charge in [-0.3, -0.25) is 0 Å². The van der Waals surface area contributed by atoms with Gasteiger partial charge < -0.3 is 8.98 Å². The van der Waals surface area contributed by atoms with Crippen molar-refractivity contribution in [1.82, 2.24) is 19.5 Å². The Morgan fingerprint density at radius 3 is 1.52 bits per heavy atom. The van der Waals surface area contributed by atoms with Crippen LogP contribution < -0.4 is 0 Å². The van der Waals surface area contributed by atoms with Crippen molar-refractivity contribution >= 4 is 76.1 Å². The lowest BCUT2D eigenvalue weighted by Gasteiger charge is -2.18. The SMILES string of the molecule is c1ccc(-c2nc(-c3ccccc3)nc(-c3cc(-n4c5ccccc5c5c6c(ccc54)oc4ccccc46)c4c5ccccc5c5ccccc5c4c3)n2)cc1. The van der Waals surface area contributed by atoms with Crippen LogP contribution in [0.2, 0.25) is 0 Å². The Kier molecular flexibility index (Phi) is 6.56. The molecular weight excluding hydrogens is 685 g/mol. The highest BCUT2D eigenvalue weighted by molar-refractivity contribution is 6.30. The maximum atomic E-state index is 6.44. The Labute approximate surface area is 320 Å². The number of nitrogens with zero attached hydrogens (tertiary/aromatic N) is 4. The third-order valence-corrected chi connectivity index (χ3v) is 11.2. The maximum absolute atomic E-state index is 6.44. The highest BCUT2D eigenvalue weighted by atomic mass is 16.3. The van der Waals surface area contributed by atoms with Crippen LogP contribution in [0.4, 0.5) is 0 Å². The summed E-state index contributed by atoms with van der Waals surface area (Å²) in [4.78, 5) is 15.5.